The first-order chi connectivity index (χ1) is 7.27. The number of ether oxygens (including phenoxy) is 1. The normalized spacial score (nSPS) is 10.3. The predicted octanol–water partition coefficient (Wildman–Crippen LogP) is -0.100. The zero-order valence-corrected chi connectivity index (χ0v) is 8.66. The number of nitrogens with two attached hydrogens (primary N) is 1. The summed E-state index contributed by atoms with van der Waals surface area (Å²) in [6, 6.07) is 0. The van der Waals surface area contributed by atoms with Gasteiger partial charge in [0.2, 0.25) is 11.7 Å². The molecule has 0 aliphatic carbocycles. The molecule has 1 aromatic rings. The van der Waals surface area contributed by atoms with E-state index in [0.29, 0.717) is 32.1 Å². The maximum atomic E-state index is 11.2. The van der Waals surface area contributed by atoms with Crippen molar-refractivity contribution in [3.05, 3.63) is 17.8 Å². The number of nitrogens with one attached hydrogen (secondary N) is 1. The molecule has 0 aliphatic heterocycles. The fourth-order valence-electron chi connectivity index (χ4n) is 0.986. The highest BCUT2D eigenvalue weighted by Crippen LogP contribution is 2.04. The van der Waals surface area contributed by atoms with E-state index in [2.05, 4.69) is 10.3 Å². The van der Waals surface area contributed by atoms with E-state index in [1.807, 2.05) is 0 Å². The molecule has 84 valence electrons. The van der Waals surface area contributed by atoms with Crippen molar-refractivity contribution in [2.75, 3.05) is 19.7 Å². The minimum atomic E-state index is -0.491. The van der Waals surface area contributed by atoms with Crippen LogP contribution in [0.15, 0.2) is 10.6 Å². The first-order valence-corrected chi connectivity index (χ1v) is 4.80. The number of rotatable bonds is 6. The first-order valence-electron chi connectivity index (χ1n) is 4.80. The summed E-state index contributed by atoms with van der Waals surface area (Å²) in [5.74, 6) is 0.0861. The standard InChI is InChI=1S/C9H15N3O3/c1-2-14-9(13)7-5-12-8(15-7)6-11-4-3-10/h5,11H,2-4,6,10H2,1H3. The van der Waals surface area contributed by atoms with E-state index in [4.69, 9.17) is 14.9 Å². The first kappa shape index (κ1) is 11.7. The lowest BCUT2D eigenvalue weighted by atomic mass is 10.5. The number of esters is 1. The van der Waals surface area contributed by atoms with Gasteiger partial charge in [0.05, 0.1) is 19.3 Å². The Morgan fingerprint density at radius 2 is 2.53 bits per heavy atom. The Labute approximate surface area is 87.8 Å². The molecule has 0 saturated heterocycles. The molecule has 0 amide bonds. The fourth-order valence-corrected chi connectivity index (χ4v) is 0.986. The van der Waals surface area contributed by atoms with E-state index in [-0.39, 0.29) is 5.76 Å². The largest absolute Gasteiger partial charge is 0.460 e. The molecule has 1 heterocycles. The third kappa shape index (κ3) is 3.69. The second kappa shape index (κ2) is 6.15. The monoisotopic (exact) mass is 213 g/mol. The Kier molecular flexibility index (Phi) is 4.79. The number of hydrogen-bond donors (Lipinski definition) is 2. The molecule has 1 rings (SSSR count). The highest BCUT2D eigenvalue weighted by atomic mass is 16.5. The van der Waals surface area contributed by atoms with Gasteiger partial charge in [-0.25, -0.2) is 9.78 Å². The number of aromatic nitrogens is 1. The van der Waals surface area contributed by atoms with E-state index in [1.165, 1.54) is 6.20 Å². The lowest BCUT2D eigenvalue weighted by Crippen LogP contribution is -2.21. The molecule has 3 N–H and O–H groups in total. The number of nitrogens with zero attached hydrogens (tertiary/aromatic N) is 1. The van der Waals surface area contributed by atoms with E-state index in [1.54, 1.807) is 6.92 Å². The van der Waals surface area contributed by atoms with Crippen molar-refractivity contribution in [1.82, 2.24) is 10.3 Å². The SMILES string of the molecule is CCOC(=O)c1cnc(CNCCN)o1. The summed E-state index contributed by atoms with van der Waals surface area (Å²) in [5, 5.41) is 3.00. The van der Waals surface area contributed by atoms with Crippen LogP contribution in [0.25, 0.3) is 0 Å². The molecule has 0 saturated carbocycles. The van der Waals surface area contributed by atoms with Crippen LogP contribution in [-0.2, 0) is 11.3 Å². The average Bonchev–Trinajstić information content (AvgIpc) is 2.67. The number of hydrogen-bond acceptors (Lipinski definition) is 6. The third-order valence-electron chi connectivity index (χ3n) is 1.63. The summed E-state index contributed by atoms with van der Waals surface area (Å²) in [6.45, 7) is 3.73. The van der Waals surface area contributed by atoms with Crippen LogP contribution in [0, 0.1) is 0 Å². The van der Waals surface area contributed by atoms with Crippen molar-refractivity contribution >= 4 is 5.97 Å². The van der Waals surface area contributed by atoms with Gasteiger partial charge in [-0.3, -0.25) is 0 Å². The zero-order chi connectivity index (χ0) is 11.1. The smallest absolute Gasteiger partial charge is 0.375 e. The molecule has 0 aromatic carbocycles. The van der Waals surface area contributed by atoms with Crippen molar-refractivity contribution in [2.24, 2.45) is 5.73 Å². The van der Waals surface area contributed by atoms with Crippen LogP contribution in [0.3, 0.4) is 0 Å². The minimum Gasteiger partial charge on any atom is -0.460 e. The molecule has 15 heavy (non-hydrogen) atoms. The summed E-state index contributed by atoms with van der Waals surface area (Å²) in [6.07, 6.45) is 1.36. The lowest BCUT2D eigenvalue weighted by Gasteiger charge is -1.98. The molecule has 0 unspecified atom stereocenters. The van der Waals surface area contributed by atoms with Gasteiger partial charge in [0.15, 0.2) is 0 Å². The van der Waals surface area contributed by atoms with Crippen molar-refractivity contribution in [1.29, 1.82) is 0 Å². The quantitative estimate of drug-likeness (QED) is 0.506. The molecule has 0 bridgehead atoms. The van der Waals surface area contributed by atoms with Crippen LogP contribution in [0.4, 0.5) is 0 Å². The molecular formula is C9H15N3O3. The Morgan fingerprint density at radius 3 is 3.20 bits per heavy atom. The van der Waals surface area contributed by atoms with Crippen LogP contribution in [0.1, 0.15) is 23.4 Å². The topological polar surface area (TPSA) is 90.4 Å². The van der Waals surface area contributed by atoms with Crippen LogP contribution >= 0.6 is 0 Å². The molecule has 0 fully saturated rings. The van der Waals surface area contributed by atoms with E-state index >= 15 is 0 Å². The molecule has 0 atom stereocenters. The average molecular weight is 213 g/mol. The van der Waals surface area contributed by atoms with Gasteiger partial charge in [-0.15, -0.1) is 0 Å². The van der Waals surface area contributed by atoms with Gasteiger partial charge < -0.3 is 20.2 Å². The highest BCUT2D eigenvalue weighted by Gasteiger charge is 2.12. The van der Waals surface area contributed by atoms with Crippen LogP contribution in [0.5, 0.6) is 0 Å². The van der Waals surface area contributed by atoms with Gasteiger partial charge in [-0.2, -0.15) is 0 Å². The summed E-state index contributed by atoms with van der Waals surface area (Å²) in [7, 11) is 0. The fraction of sp³-hybridized carbons (Fsp3) is 0.556. The number of oxazole rings is 1. The number of carbonyl (C=O) groups excluding carboxylic acids is 1. The minimum absolute atomic E-state index is 0.126. The van der Waals surface area contributed by atoms with Gasteiger partial charge in [0, 0.05) is 13.1 Å². The molecule has 1 aromatic heterocycles. The summed E-state index contributed by atoms with van der Waals surface area (Å²) < 4.78 is 9.91. The predicted molar refractivity (Wildman–Crippen MR) is 53.2 cm³/mol. The molecule has 6 nitrogen and oxygen atoms in total. The Balaban J connectivity index is 2.45. The maximum absolute atomic E-state index is 11.2. The van der Waals surface area contributed by atoms with Gasteiger partial charge >= 0.3 is 5.97 Å². The zero-order valence-electron chi connectivity index (χ0n) is 8.66. The second-order valence-corrected chi connectivity index (χ2v) is 2.80. The second-order valence-electron chi connectivity index (χ2n) is 2.80. The van der Waals surface area contributed by atoms with E-state index in [9.17, 15) is 4.79 Å². The Hall–Kier alpha value is -1.40. The van der Waals surface area contributed by atoms with Gasteiger partial charge in [0.1, 0.15) is 0 Å². The molecular weight excluding hydrogens is 198 g/mol. The van der Waals surface area contributed by atoms with Crippen LogP contribution in [-0.4, -0.2) is 30.6 Å². The van der Waals surface area contributed by atoms with Crippen molar-refractivity contribution in [2.45, 2.75) is 13.5 Å². The molecule has 6 heteroatoms. The summed E-state index contributed by atoms with van der Waals surface area (Å²) >= 11 is 0. The lowest BCUT2D eigenvalue weighted by molar-refractivity contribution is 0.0488. The van der Waals surface area contributed by atoms with Crippen molar-refractivity contribution in [3.8, 4) is 0 Å². The third-order valence-corrected chi connectivity index (χ3v) is 1.63. The number of carbonyl (C=O) groups is 1. The Bertz CT molecular complexity index is 311. The van der Waals surface area contributed by atoms with Crippen LogP contribution in [0.2, 0.25) is 0 Å². The van der Waals surface area contributed by atoms with E-state index < -0.39 is 5.97 Å². The molecule has 0 radical (unpaired) electrons. The summed E-state index contributed by atoms with van der Waals surface area (Å²) in [4.78, 5) is 15.1. The maximum Gasteiger partial charge on any atom is 0.375 e. The van der Waals surface area contributed by atoms with Crippen LogP contribution < -0.4 is 11.1 Å². The Morgan fingerprint density at radius 1 is 1.73 bits per heavy atom. The van der Waals surface area contributed by atoms with Gasteiger partial charge in [0.25, 0.3) is 0 Å². The highest BCUT2D eigenvalue weighted by molar-refractivity contribution is 5.85. The van der Waals surface area contributed by atoms with Crippen molar-refractivity contribution < 1.29 is 13.9 Å². The molecule has 0 spiro atoms. The summed E-state index contributed by atoms with van der Waals surface area (Å²) in [5.41, 5.74) is 5.30. The van der Waals surface area contributed by atoms with Crippen molar-refractivity contribution in [3.63, 3.8) is 0 Å². The van der Waals surface area contributed by atoms with Gasteiger partial charge in [-0.05, 0) is 6.92 Å². The van der Waals surface area contributed by atoms with Gasteiger partial charge in [-0.1, -0.05) is 0 Å². The molecule has 0 aliphatic rings. The van der Waals surface area contributed by atoms with E-state index in [0.717, 1.165) is 0 Å².